The van der Waals surface area contributed by atoms with Gasteiger partial charge in [-0.2, -0.15) is 4.39 Å². The molecule has 60 valence electrons. The van der Waals surface area contributed by atoms with Gasteiger partial charge in [0, 0.05) is 4.47 Å². The molecule has 0 aliphatic carbocycles. The first-order chi connectivity index (χ1) is 5.15. The van der Waals surface area contributed by atoms with Crippen LogP contribution < -0.4 is 0 Å². The second kappa shape index (κ2) is 3.54. The molecule has 1 rings (SSSR count). The SMILES string of the molecule is CSc1cc(Br)c(C)nc1F. The molecule has 1 heterocycles. The number of aryl methyl sites for hydroxylation is 1. The second-order valence-electron chi connectivity index (χ2n) is 2.05. The van der Waals surface area contributed by atoms with Crippen molar-refractivity contribution in [1.82, 2.24) is 4.98 Å². The van der Waals surface area contributed by atoms with Crippen molar-refractivity contribution in [3.05, 3.63) is 22.2 Å². The largest absolute Gasteiger partial charge is 0.226 e. The van der Waals surface area contributed by atoms with Gasteiger partial charge in [-0.05, 0) is 35.2 Å². The highest BCUT2D eigenvalue weighted by Gasteiger charge is 2.05. The van der Waals surface area contributed by atoms with Gasteiger partial charge in [0.1, 0.15) is 0 Å². The van der Waals surface area contributed by atoms with Crippen LogP contribution in [0, 0.1) is 12.9 Å². The van der Waals surface area contributed by atoms with Crippen molar-refractivity contribution in [2.75, 3.05) is 6.26 Å². The molecular weight excluding hydrogens is 229 g/mol. The standard InChI is InChI=1S/C7H7BrFNS/c1-4-5(8)3-6(11-2)7(9)10-4/h3H,1-2H3. The van der Waals surface area contributed by atoms with Gasteiger partial charge in [0.15, 0.2) is 0 Å². The van der Waals surface area contributed by atoms with Crippen molar-refractivity contribution in [2.24, 2.45) is 0 Å². The summed E-state index contributed by atoms with van der Waals surface area (Å²) in [6, 6.07) is 1.74. The fourth-order valence-corrected chi connectivity index (χ4v) is 1.60. The molecule has 0 aliphatic rings. The van der Waals surface area contributed by atoms with Gasteiger partial charge in [-0.25, -0.2) is 4.98 Å². The van der Waals surface area contributed by atoms with Gasteiger partial charge in [-0.15, -0.1) is 11.8 Å². The van der Waals surface area contributed by atoms with Crippen molar-refractivity contribution in [3.8, 4) is 0 Å². The zero-order chi connectivity index (χ0) is 8.43. The first-order valence-corrected chi connectivity index (χ1v) is 5.03. The third-order valence-electron chi connectivity index (χ3n) is 1.29. The van der Waals surface area contributed by atoms with Crippen LogP contribution in [-0.4, -0.2) is 11.2 Å². The molecule has 0 fully saturated rings. The number of nitrogens with zero attached hydrogens (tertiary/aromatic N) is 1. The minimum atomic E-state index is -0.391. The number of thioether (sulfide) groups is 1. The van der Waals surface area contributed by atoms with Crippen molar-refractivity contribution in [3.63, 3.8) is 0 Å². The van der Waals surface area contributed by atoms with Crippen LogP contribution in [0.1, 0.15) is 5.69 Å². The number of aromatic nitrogens is 1. The highest BCUT2D eigenvalue weighted by Crippen LogP contribution is 2.23. The summed E-state index contributed by atoms with van der Waals surface area (Å²) < 4.78 is 13.7. The fourth-order valence-electron chi connectivity index (χ4n) is 0.678. The van der Waals surface area contributed by atoms with E-state index in [0.29, 0.717) is 10.6 Å². The summed E-state index contributed by atoms with van der Waals surface area (Å²) in [5.74, 6) is -0.391. The van der Waals surface area contributed by atoms with E-state index in [1.54, 1.807) is 13.0 Å². The lowest BCUT2D eigenvalue weighted by Crippen LogP contribution is -1.90. The molecule has 0 N–H and O–H groups in total. The number of pyridine rings is 1. The smallest absolute Gasteiger partial charge is 0.223 e. The Balaban J connectivity index is 3.21. The van der Waals surface area contributed by atoms with E-state index in [2.05, 4.69) is 20.9 Å². The molecular formula is C7H7BrFNS. The van der Waals surface area contributed by atoms with Crippen molar-refractivity contribution < 1.29 is 4.39 Å². The van der Waals surface area contributed by atoms with E-state index in [0.717, 1.165) is 4.47 Å². The lowest BCUT2D eigenvalue weighted by Gasteiger charge is -2.01. The summed E-state index contributed by atoms with van der Waals surface area (Å²) >= 11 is 4.63. The van der Waals surface area contributed by atoms with Gasteiger partial charge in [0.05, 0.1) is 10.6 Å². The summed E-state index contributed by atoms with van der Waals surface area (Å²) in [6.07, 6.45) is 1.82. The highest BCUT2D eigenvalue weighted by molar-refractivity contribution is 9.10. The van der Waals surface area contributed by atoms with Crippen LogP contribution in [0.25, 0.3) is 0 Å². The molecule has 11 heavy (non-hydrogen) atoms. The molecule has 1 nitrogen and oxygen atoms in total. The Morgan fingerprint density at radius 2 is 2.27 bits per heavy atom. The summed E-state index contributed by atoms with van der Waals surface area (Å²) in [6.45, 7) is 1.76. The highest BCUT2D eigenvalue weighted by atomic mass is 79.9. The van der Waals surface area contributed by atoms with E-state index in [-0.39, 0.29) is 0 Å². The van der Waals surface area contributed by atoms with Crippen LogP contribution >= 0.6 is 27.7 Å². The van der Waals surface area contributed by atoms with Crippen LogP contribution in [0.3, 0.4) is 0 Å². The van der Waals surface area contributed by atoms with Gasteiger partial charge in [0.2, 0.25) is 5.95 Å². The fraction of sp³-hybridized carbons (Fsp3) is 0.286. The third-order valence-corrected chi connectivity index (χ3v) is 2.82. The molecule has 0 radical (unpaired) electrons. The van der Waals surface area contributed by atoms with E-state index < -0.39 is 5.95 Å². The predicted octanol–water partition coefficient (Wildman–Crippen LogP) is 3.01. The van der Waals surface area contributed by atoms with Crippen molar-refractivity contribution in [2.45, 2.75) is 11.8 Å². The Morgan fingerprint density at radius 3 is 2.82 bits per heavy atom. The molecule has 0 atom stereocenters. The summed E-state index contributed by atoms with van der Waals surface area (Å²) in [7, 11) is 0. The Labute approximate surface area is 77.5 Å². The zero-order valence-corrected chi connectivity index (χ0v) is 8.59. The first-order valence-electron chi connectivity index (χ1n) is 3.01. The lowest BCUT2D eigenvalue weighted by molar-refractivity contribution is 0.552. The number of rotatable bonds is 1. The number of halogens is 2. The summed E-state index contributed by atoms with van der Waals surface area (Å²) in [4.78, 5) is 4.28. The van der Waals surface area contributed by atoms with Gasteiger partial charge < -0.3 is 0 Å². The summed E-state index contributed by atoms with van der Waals surface area (Å²) in [5.41, 5.74) is 0.681. The molecule has 0 aromatic carbocycles. The monoisotopic (exact) mass is 235 g/mol. The van der Waals surface area contributed by atoms with E-state index in [9.17, 15) is 4.39 Å². The van der Waals surface area contributed by atoms with Crippen LogP contribution in [0.4, 0.5) is 4.39 Å². The number of hydrogen-bond donors (Lipinski definition) is 0. The van der Waals surface area contributed by atoms with Gasteiger partial charge in [-0.3, -0.25) is 0 Å². The minimum absolute atomic E-state index is 0.391. The molecule has 1 aromatic heterocycles. The molecule has 0 spiro atoms. The van der Waals surface area contributed by atoms with Crippen LogP contribution in [-0.2, 0) is 0 Å². The Bertz CT molecular complexity index is 277. The van der Waals surface area contributed by atoms with Gasteiger partial charge in [-0.1, -0.05) is 0 Å². The molecule has 1 aromatic rings. The van der Waals surface area contributed by atoms with Crippen LogP contribution in [0.2, 0.25) is 0 Å². The molecule has 0 saturated carbocycles. The van der Waals surface area contributed by atoms with Crippen LogP contribution in [0.5, 0.6) is 0 Å². The van der Waals surface area contributed by atoms with E-state index in [1.165, 1.54) is 11.8 Å². The van der Waals surface area contributed by atoms with Gasteiger partial charge >= 0.3 is 0 Å². The number of hydrogen-bond acceptors (Lipinski definition) is 2. The average molecular weight is 236 g/mol. The zero-order valence-electron chi connectivity index (χ0n) is 6.19. The minimum Gasteiger partial charge on any atom is -0.223 e. The lowest BCUT2D eigenvalue weighted by atomic mass is 10.4. The normalized spacial score (nSPS) is 10.2. The molecule has 0 amide bonds. The van der Waals surface area contributed by atoms with E-state index in [1.807, 2.05) is 6.26 Å². The van der Waals surface area contributed by atoms with E-state index >= 15 is 0 Å². The maximum absolute atomic E-state index is 12.9. The predicted molar refractivity (Wildman–Crippen MR) is 48.4 cm³/mol. The molecule has 0 saturated heterocycles. The van der Waals surface area contributed by atoms with Crippen molar-refractivity contribution >= 4 is 27.7 Å². The molecule has 0 unspecified atom stereocenters. The third kappa shape index (κ3) is 1.93. The van der Waals surface area contributed by atoms with Crippen LogP contribution in [0.15, 0.2) is 15.4 Å². The average Bonchev–Trinajstić information content (AvgIpc) is 1.97. The Hall–Kier alpha value is -0.0900. The molecule has 0 aliphatic heterocycles. The molecule has 0 bridgehead atoms. The Morgan fingerprint density at radius 1 is 1.64 bits per heavy atom. The van der Waals surface area contributed by atoms with E-state index in [4.69, 9.17) is 0 Å². The first kappa shape index (κ1) is 9.00. The summed E-state index contributed by atoms with van der Waals surface area (Å²) in [5, 5.41) is 0. The van der Waals surface area contributed by atoms with Crippen molar-refractivity contribution in [1.29, 1.82) is 0 Å². The quantitative estimate of drug-likeness (QED) is 0.549. The second-order valence-corrected chi connectivity index (χ2v) is 3.75. The maximum atomic E-state index is 12.9. The molecule has 4 heteroatoms. The Kier molecular flexibility index (Phi) is 2.90. The maximum Gasteiger partial charge on any atom is 0.226 e. The van der Waals surface area contributed by atoms with Gasteiger partial charge in [0.25, 0.3) is 0 Å². The topological polar surface area (TPSA) is 12.9 Å².